The van der Waals surface area contributed by atoms with Gasteiger partial charge >= 0.3 is 6.03 Å². The van der Waals surface area contributed by atoms with Crippen LogP contribution in [-0.4, -0.2) is 73.0 Å². The highest BCUT2D eigenvalue weighted by Crippen LogP contribution is 2.18. The fourth-order valence-electron chi connectivity index (χ4n) is 3.64. The Labute approximate surface area is 202 Å². The molecule has 2 saturated heterocycles. The number of amides is 5. The normalized spacial score (nSPS) is 16.9. The van der Waals surface area contributed by atoms with Crippen LogP contribution in [0.3, 0.4) is 0 Å². The van der Waals surface area contributed by atoms with Gasteiger partial charge in [-0.05, 0) is 42.3 Å². The molecule has 0 aliphatic carbocycles. The lowest BCUT2D eigenvalue weighted by Crippen LogP contribution is -2.42. The van der Waals surface area contributed by atoms with Crippen molar-refractivity contribution in [1.82, 2.24) is 15.1 Å². The quantitative estimate of drug-likeness (QED) is 0.463. The molecule has 10 nitrogen and oxygen atoms in total. The molecule has 2 aliphatic rings. The number of urea groups is 1. The predicted octanol–water partition coefficient (Wildman–Crippen LogP) is 1.76. The number of anilines is 1. The Morgan fingerprint density at radius 3 is 2.51 bits per heavy atom. The van der Waals surface area contributed by atoms with Gasteiger partial charge in [-0.15, -0.1) is 0 Å². The van der Waals surface area contributed by atoms with E-state index in [1.165, 1.54) is 6.08 Å². The van der Waals surface area contributed by atoms with Gasteiger partial charge in [0, 0.05) is 18.8 Å². The maximum Gasteiger partial charge on any atom is 0.329 e. The molecule has 5 amide bonds. The highest BCUT2D eigenvalue weighted by Gasteiger charge is 2.35. The molecule has 0 spiro atoms. The van der Waals surface area contributed by atoms with Crippen LogP contribution < -0.4 is 15.4 Å². The zero-order valence-corrected chi connectivity index (χ0v) is 19.3. The summed E-state index contributed by atoms with van der Waals surface area (Å²) in [4.78, 5) is 52.1. The summed E-state index contributed by atoms with van der Waals surface area (Å²) in [6.45, 7) is 3.54. The third-order valence-electron chi connectivity index (χ3n) is 5.60. The first-order valence-electron chi connectivity index (χ1n) is 11.2. The van der Waals surface area contributed by atoms with Crippen molar-refractivity contribution < 1.29 is 28.7 Å². The summed E-state index contributed by atoms with van der Waals surface area (Å²) in [6, 6.07) is 13.3. The Bertz CT molecular complexity index is 1150. The van der Waals surface area contributed by atoms with Crippen LogP contribution >= 0.6 is 0 Å². The second-order valence-corrected chi connectivity index (χ2v) is 8.09. The van der Waals surface area contributed by atoms with Crippen molar-refractivity contribution in [2.75, 3.05) is 44.8 Å². The molecule has 0 saturated carbocycles. The minimum atomic E-state index is -0.664. The van der Waals surface area contributed by atoms with Crippen LogP contribution in [0.1, 0.15) is 11.1 Å². The van der Waals surface area contributed by atoms with E-state index in [1.54, 1.807) is 41.3 Å². The number of carbonyl (C=O) groups is 4. The third kappa shape index (κ3) is 6.04. The van der Waals surface area contributed by atoms with E-state index in [2.05, 4.69) is 10.6 Å². The lowest BCUT2D eigenvalue weighted by molar-refractivity contribution is -0.137. The second kappa shape index (κ2) is 10.8. The molecule has 2 N–H and O–H groups in total. The Morgan fingerprint density at radius 1 is 1.09 bits per heavy atom. The number of nitrogens with one attached hydrogen (secondary N) is 2. The summed E-state index contributed by atoms with van der Waals surface area (Å²) in [5.74, 6) is -0.668. The Hall–Kier alpha value is -4.18. The standard InChI is InChI=1S/C25H26N4O6/c1-17-4-2-3-5-20(17)26-22(30)15-29-24(32)21(27-25(29)33)14-18-6-8-19(9-7-18)35-16-23(31)28-10-12-34-13-11-28/h2-9,14H,10-13,15-16H2,1H3,(H,26,30)(H,27,33)/b21-14-. The van der Waals surface area contributed by atoms with Gasteiger partial charge in [-0.2, -0.15) is 0 Å². The molecule has 2 aliphatic heterocycles. The van der Waals surface area contributed by atoms with E-state index in [4.69, 9.17) is 9.47 Å². The number of hydrogen-bond acceptors (Lipinski definition) is 6. The van der Waals surface area contributed by atoms with E-state index in [-0.39, 0.29) is 18.2 Å². The van der Waals surface area contributed by atoms with Crippen LogP contribution in [-0.2, 0) is 19.1 Å². The number of hydrogen-bond donors (Lipinski definition) is 2. The molecule has 2 heterocycles. The van der Waals surface area contributed by atoms with Gasteiger partial charge in [0.05, 0.1) is 13.2 Å². The molecular formula is C25H26N4O6. The number of ether oxygens (including phenoxy) is 2. The van der Waals surface area contributed by atoms with Crippen molar-refractivity contribution in [3.8, 4) is 5.75 Å². The van der Waals surface area contributed by atoms with E-state index < -0.39 is 24.4 Å². The lowest BCUT2D eigenvalue weighted by atomic mass is 10.2. The number of imide groups is 1. The minimum Gasteiger partial charge on any atom is -0.484 e. The summed E-state index contributed by atoms with van der Waals surface area (Å²) < 4.78 is 10.8. The van der Waals surface area contributed by atoms with Gasteiger partial charge < -0.3 is 25.0 Å². The SMILES string of the molecule is Cc1ccccc1NC(=O)CN1C(=O)N/C(=C\c2ccc(OCC(=O)N3CCOCC3)cc2)C1=O. The molecule has 10 heteroatoms. The first-order valence-corrected chi connectivity index (χ1v) is 11.2. The van der Waals surface area contributed by atoms with Gasteiger partial charge in [-0.3, -0.25) is 14.4 Å². The fraction of sp³-hybridized carbons (Fsp3) is 0.280. The van der Waals surface area contributed by atoms with Crippen molar-refractivity contribution in [1.29, 1.82) is 0 Å². The molecule has 2 aromatic rings. The van der Waals surface area contributed by atoms with Gasteiger partial charge in [-0.1, -0.05) is 30.3 Å². The topological polar surface area (TPSA) is 117 Å². The number of para-hydroxylation sites is 1. The first-order chi connectivity index (χ1) is 16.9. The van der Waals surface area contributed by atoms with Crippen molar-refractivity contribution in [3.05, 3.63) is 65.4 Å². The van der Waals surface area contributed by atoms with Gasteiger partial charge in [0.1, 0.15) is 18.0 Å². The molecular weight excluding hydrogens is 452 g/mol. The first kappa shape index (κ1) is 24.0. The van der Waals surface area contributed by atoms with Gasteiger partial charge in [0.2, 0.25) is 5.91 Å². The molecule has 182 valence electrons. The van der Waals surface area contributed by atoms with E-state index in [0.717, 1.165) is 10.5 Å². The molecule has 0 radical (unpaired) electrons. The number of benzene rings is 2. The lowest BCUT2D eigenvalue weighted by Gasteiger charge is -2.26. The van der Waals surface area contributed by atoms with Crippen molar-refractivity contribution in [3.63, 3.8) is 0 Å². The average Bonchev–Trinajstić information content (AvgIpc) is 3.12. The molecule has 0 bridgehead atoms. The maximum absolute atomic E-state index is 12.7. The summed E-state index contributed by atoms with van der Waals surface area (Å²) in [7, 11) is 0. The van der Waals surface area contributed by atoms with Crippen molar-refractivity contribution in [2.45, 2.75) is 6.92 Å². The molecule has 0 unspecified atom stereocenters. The third-order valence-corrected chi connectivity index (χ3v) is 5.60. The van der Waals surface area contributed by atoms with E-state index in [0.29, 0.717) is 43.3 Å². The largest absolute Gasteiger partial charge is 0.484 e. The number of rotatable bonds is 7. The van der Waals surface area contributed by atoms with Crippen molar-refractivity contribution in [2.24, 2.45) is 0 Å². The highest BCUT2D eigenvalue weighted by molar-refractivity contribution is 6.16. The van der Waals surface area contributed by atoms with Crippen LogP contribution in [0.2, 0.25) is 0 Å². The monoisotopic (exact) mass is 478 g/mol. The van der Waals surface area contributed by atoms with Crippen LogP contribution in [0.4, 0.5) is 10.5 Å². The zero-order valence-electron chi connectivity index (χ0n) is 19.3. The second-order valence-electron chi connectivity index (χ2n) is 8.09. The maximum atomic E-state index is 12.7. The smallest absolute Gasteiger partial charge is 0.329 e. The van der Waals surface area contributed by atoms with Crippen LogP contribution in [0.15, 0.2) is 54.2 Å². The Kier molecular flexibility index (Phi) is 7.41. The molecule has 2 aromatic carbocycles. The van der Waals surface area contributed by atoms with Crippen LogP contribution in [0.25, 0.3) is 6.08 Å². The summed E-state index contributed by atoms with van der Waals surface area (Å²) >= 11 is 0. The molecule has 0 aromatic heterocycles. The minimum absolute atomic E-state index is 0.0647. The molecule has 0 atom stereocenters. The summed E-state index contributed by atoms with van der Waals surface area (Å²) in [5.41, 5.74) is 2.20. The van der Waals surface area contributed by atoms with Gasteiger partial charge in [0.15, 0.2) is 6.61 Å². The molecule has 4 rings (SSSR count). The highest BCUT2D eigenvalue weighted by atomic mass is 16.5. The Balaban J connectivity index is 1.32. The predicted molar refractivity (Wildman–Crippen MR) is 127 cm³/mol. The van der Waals surface area contributed by atoms with E-state index in [1.807, 2.05) is 19.1 Å². The summed E-state index contributed by atoms with van der Waals surface area (Å²) in [5, 5.41) is 5.21. The van der Waals surface area contributed by atoms with Gasteiger partial charge in [-0.25, -0.2) is 9.69 Å². The van der Waals surface area contributed by atoms with E-state index in [9.17, 15) is 19.2 Å². The zero-order chi connectivity index (χ0) is 24.8. The average molecular weight is 479 g/mol. The van der Waals surface area contributed by atoms with E-state index >= 15 is 0 Å². The summed E-state index contributed by atoms with van der Waals surface area (Å²) in [6.07, 6.45) is 1.52. The Morgan fingerprint density at radius 2 is 1.80 bits per heavy atom. The van der Waals surface area contributed by atoms with Crippen LogP contribution in [0.5, 0.6) is 5.75 Å². The molecule has 35 heavy (non-hydrogen) atoms. The van der Waals surface area contributed by atoms with Crippen molar-refractivity contribution >= 4 is 35.5 Å². The number of morpholine rings is 1. The van der Waals surface area contributed by atoms with Gasteiger partial charge in [0.25, 0.3) is 11.8 Å². The number of aryl methyl sites for hydroxylation is 1. The van der Waals surface area contributed by atoms with Crippen LogP contribution in [0, 0.1) is 6.92 Å². The number of nitrogens with zero attached hydrogens (tertiary/aromatic N) is 2. The number of carbonyl (C=O) groups excluding carboxylic acids is 4. The fourth-order valence-corrected chi connectivity index (χ4v) is 3.64. The molecule has 2 fully saturated rings.